The largest absolute Gasteiger partial charge is 0.377 e. The number of ether oxygens (including phenoxy) is 1. The minimum atomic E-state index is -3.21. The highest BCUT2D eigenvalue weighted by Gasteiger charge is 2.28. The van der Waals surface area contributed by atoms with Crippen molar-refractivity contribution in [3.05, 3.63) is 0 Å². The zero-order valence-electron chi connectivity index (χ0n) is 11.8. The third-order valence-corrected chi connectivity index (χ3v) is 5.31. The summed E-state index contributed by atoms with van der Waals surface area (Å²) in [5.41, 5.74) is 0. The van der Waals surface area contributed by atoms with E-state index in [1.807, 2.05) is 13.8 Å². The third kappa shape index (κ3) is 5.22. The molecule has 18 heavy (non-hydrogen) atoms. The van der Waals surface area contributed by atoms with Crippen LogP contribution in [0.5, 0.6) is 0 Å². The Morgan fingerprint density at radius 3 is 2.44 bits per heavy atom. The Bertz CT molecular complexity index is 339. The molecule has 0 bridgehead atoms. The summed E-state index contributed by atoms with van der Waals surface area (Å²) in [4.78, 5) is 0. The van der Waals surface area contributed by atoms with Gasteiger partial charge < -0.3 is 10.1 Å². The van der Waals surface area contributed by atoms with E-state index >= 15 is 0 Å². The summed E-state index contributed by atoms with van der Waals surface area (Å²) >= 11 is 0. The molecule has 0 aromatic carbocycles. The molecular formula is C12H26N2O3S. The van der Waals surface area contributed by atoms with Gasteiger partial charge in [0.05, 0.1) is 18.0 Å². The quantitative estimate of drug-likeness (QED) is 0.678. The fraction of sp³-hybridized carbons (Fsp3) is 1.00. The van der Waals surface area contributed by atoms with Crippen LogP contribution in [0.1, 0.15) is 33.6 Å². The van der Waals surface area contributed by atoms with E-state index in [-0.39, 0.29) is 11.4 Å². The monoisotopic (exact) mass is 278 g/mol. The second kappa shape index (κ2) is 6.84. The number of rotatable bonds is 9. The zero-order valence-corrected chi connectivity index (χ0v) is 12.7. The summed E-state index contributed by atoms with van der Waals surface area (Å²) in [6.07, 6.45) is 2.48. The van der Waals surface area contributed by atoms with Gasteiger partial charge in [0.2, 0.25) is 10.0 Å². The molecule has 1 unspecified atom stereocenters. The smallest absolute Gasteiger partial charge is 0.217 e. The maximum atomic E-state index is 12.2. The fourth-order valence-electron chi connectivity index (χ4n) is 1.58. The number of likely N-dealkylation sites (N-methyl/N-ethyl adjacent to an activating group) is 1. The predicted molar refractivity (Wildman–Crippen MR) is 73.1 cm³/mol. The molecule has 0 aliphatic heterocycles. The van der Waals surface area contributed by atoms with E-state index in [9.17, 15) is 8.42 Å². The summed E-state index contributed by atoms with van der Waals surface area (Å²) < 4.78 is 31.1. The highest BCUT2D eigenvalue weighted by Crippen LogP contribution is 2.19. The Kier molecular flexibility index (Phi) is 6.04. The highest BCUT2D eigenvalue weighted by molar-refractivity contribution is 7.89. The number of sulfonamides is 1. The number of nitrogens with one attached hydrogen (secondary N) is 1. The Morgan fingerprint density at radius 1 is 1.33 bits per heavy atom. The maximum absolute atomic E-state index is 12.2. The van der Waals surface area contributed by atoms with E-state index < -0.39 is 10.0 Å². The molecule has 1 atom stereocenters. The first-order valence-corrected chi connectivity index (χ1v) is 8.14. The van der Waals surface area contributed by atoms with Gasteiger partial charge in [-0.25, -0.2) is 12.7 Å². The second-order valence-corrected chi connectivity index (χ2v) is 7.74. The van der Waals surface area contributed by atoms with E-state index in [2.05, 4.69) is 5.32 Å². The van der Waals surface area contributed by atoms with Gasteiger partial charge in [0, 0.05) is 26.2 Å². The summed E-state index contributed by atoms with van der Waals surface area (Å²) in [6.45, 7) is 7.02. The Labute approximate surface area is 111 Å². The van der Waals surface area contributed by atoms with Gasteiger partial charge in [-0.15, -0.1) is 0 Å². The first kappa shape index (κ1) is 15.9. The number of hydrogen-bond donors (Lipinski definition) is 1. The molecule has 0 aromatic heterocycles. The lowest BCUT2D eigenvalue weighted by molar-refractivity contribution is 0.0736. The van der Waals surface area contributed by atoms with Crippen LogP contribution in [0.15, 0.2) is 0 Å². The lowest BCUT2D eigenvalue weighted by atomic mass is 10.4. The maximum Gasteiger partial charge on any atom is 0.217 e. The van der Waals surface area contributed by atoms with E-state index in [1.165, 1.54) is 17.1 Å². The normalized spacial score (nSPS) is 18.6. The van der Waals surface area contributed by atoms with Crippen LogP contribution in [0.3, 0.4) is 0 Å². The lowest BCUT2D eigenvalue weighted by Crippen LogP contribution is -2.41. The molecule has 1 saturated carbocycles. The average molecular weight is 278 g/mol. The SMILES string of the molecule is CC(C)OCCN(C)S(=O)(=O)C(C)CNC1CC1. The number of nitrogens with zero attached hydrogens (tertiary/aromatic N) is 1. The molecule has 1 aliphatic carbocycles. The van der Waals surface area contributed by atoms with Gasteiger partial charge in [-0.3, -0.25) is 0 Å². The van der Waals surface area contributed by atoms with Crippen LogP contribution in [-0.2, 0) is 14.8 Å². The summed E-state index contributed by atoms with van der Waals surface area (Å²) in [6, 6.07) is 0.539. The van der Waals surface area contributed by atoms with Crippen LogP contribution in [0.4, 0.5) is 0 Å². The first-order valence-electron chi connectivity index (χ1n) is 6.64. The minimum absolute atomic E-state index is 0.134. The molecule has 108 valence electrons. The fourth-order valence-corrected chi connectivity index (χ4v) is 2.83. The van der Waals surface area contributed by atoms with Gasteiger partial charge in [-0.1, -0.05) is 0 Å². The Morgan fingerprint density at radius 2 is 1.94 bits per heavy atom. The first-order chi connectivity index (χ1) is 8.34. The van der Waals surface area contributed by atoms with E-state index in [0.29, 0.717) is 25.7 Å². The van der Waals surface area contributed by atoms with Crippen molar-refractivity contribution < 1.29 is 13.2 Å². The van der Waals surface area contributed by atoms with Crippen molar-refractivity contribution >= 4 is 10.0 Å². The molecule has 6 heteroatoms. The topological polar surface area (TPSA) is 58.6 Å². The average Bonchev–Trinajstić information content (AvgIpc) is 3.08. The van der Waals surface area contributed by atoms with Gasteiger partial charge in [0.1, 0.15) is 0 Å². The molecule has 0 radical (unpaired) electrons. The van der Waals surface area contributed by atoms with E-state index in [4.69, 9.17) is 4.74 Å². The van der Waals surface area contributed by atoms with Crippen LogP contribution in [0.25, 0.3) is 0 Å². The molecule has 1 aliphatic rings. The standard InChI is InChI=1S/C12H26N2O3S/c1-10(2)17-8-7-14(4)18(15,16)11(3)9-13-12-5-6-12/h10-13H,5-9H2,1-4H3. The molecule has 0 spiro atoms. The minimum Gasteiger partial charge on any atom is -0.377 e. The van der Waals surface area contributed by atoms with Crippen molar-refractivity contribution in [1.82, 2.24) is 9.62 Å². The van der Waals surface area contributed by atoms with Crippen molar-refractivity contribution in [2.75, 3.05) is 26.7 Å². The Hall–Kier alpha value is -0.170. The van der Waals surface area contributed by atoms with Crippen LogP contribution in [0.2, 0.25) is 0 Å². The summed E-state index contributed by atoms with van der Waals surface area (Å²) in [5, 5.41) is 2.87. The molecule has 0 amide bonds. The van der Waals surface area contributed by atoms with Gasteiger partial charge in [-0.05, 0) is 33.6 Å². The Balaban J connectivity index is 2.34. The predicted octanol–water partition coefficient (Wildman–Crippen LogP) is 0.814. The van der Waals surface area contributed by atoms with Crippen molar-refractivity contribution in [1.29, 1.82) is 0 Å². The van der Waals surface area contributed by atoms with Crippen LogP contribution < -0.4 is 5.32 Å². The van der Waals surface area contributed by atoms with Crippen LogP contribution >= 0.6 is 0 Å². The lowest BCUT2D eigenvalue weighted by Gasteiger charge is -2.22. The van der Waals surface area contributed by atoms with Crippen molar-refractivity contribution in [3.8, 4) is 0 Å². The molecule has 0 aromatic rings. The molecular weight excluding hydrogens is 252 g/mol. The molecule has 1 fully saturated rings. The summed E-state index contributed by atoms with van der Waals surface area (Å²) in [7, 11) is -1.60. The molecule has 0 saturated heterocycles. The van der Waals surface area contributed by atoms with Gasteiger partial charge >= 0.3 is 0 Å². The van der Waals surface area contributed by atoms with Crippen LogP contribution in [-0.4, -0.2) is 56.9 Å². The zero-order chi connectivity index (χ0) is 13.8. The molecule has 1 N–H and O–H groups in total. The summed E-state index contributed by atoms with van der Waals surface area (Å²) in [5.74, 6) is 0. The molecule has 1 rings (SSSR count). The van der Waals surface area contributed by atoms with Gasteiger partial charge in [0.25, 0.3) is 0 Å². The van der Waals surface area contributed by atoms with Crippen molar-refractivity contribution in [2.24, 2.45) is 0 Å². The number of hydrogen-bond acceptors (Lipinski definition) is 4. The van der Waals surface area contributed by atoms with Gasteiger partial charge in [-0.2, -0.15) is 0 Å². The van der Waals surface area contributed by atoms with Gasteiger partial charge in [0.15, 0.2) is 0 Å². The third-order valence-electron chi connectivity index (χ3n) is 3.07. The molecule has 5 nitrogen and oxygen atoms in total. The van der Waals surface area contributed by atoms with Crippen molar-refractivity contribution in [2.45, 2.75) is 51.0 Å². The van der Waals surface area contributed by atoms with Crippen molar-refractivity contribution in [3.63, 3.8) is 0 Å². The molecule has 0 heterocycles. The highest BCUT2D eigenvalue weighted by atomic mass is 32.2. The van der Waals surface area contributed by atoms with Crippen LogP contribution in [0, 0.1) is 0 Å². The second-order valence-electron chi connectivity index (χ2n) is 5.28. The van der Waals surface area contributed by atoms with E-state index in [0.717, 1.165) is 0 Å². The van der Waals surface area contributed by atoms with E-state index in [1.54, 1.807) is 14.0 Å².